The maximum atomic E-state index is 11.5. The molecular formula is C10H11ClN2O2S. The molecule has 0 aliphatic carbocycles. The van der Waals surface area contributed by atoms with E-state index in [4.69, 9.17) is 16.9 Å². The molecule has 1 aromatic carbocycles. The highest BCUT2D eigenvalue weighted by atomic mass is 35.5. The molecule has 0 heterocycles. The molecule has 0 bridgehead atoms. The fourth-order valence-electron chi connectivity index (χ4n) is 1.12. The van der Waals surface area contributed by atoms with Crippen molar-refractivity contribution in [3.8, 4) is 6.07 Å². The van der Waals surface area contributed by atoms with E-state index in [1.807, 2.05) is 6.07 Å². The van der Waals surface area contributed by atoms with Crippen molar-refractivity contribution < 1.29 is 8.42 Å². The molecular weight excluding hydrogens is 248 g/mol. The number of hydrogen-bond acceptors (Lipinski definition) is 3. The van der Waals surface area contributed by atoms with Gasteiger partial charge in [0.05, 0.1) is 23.1 Å². The topological polar surface area (TPSA) is 70.0 Å². The van der Waals surface area contributed by atoms with Gasteiger partial charge in [0.15, 0.2) is 0 Å². The monoisotopic (exact) mass is 258 g/mol. The lowest BCUT2D eigenvalue weighted by Gasteiger charge is -2.09. The van der Waals surface area contributed by atoms with Crippen LogP contribution in [-0.4, -0.2) is 20.1 Å². The highest BCUT2D eigenvalue weighted by Gasteiger charge is 2.11. The van der Waals surface area contributed by atoms with Crippen molar-refractivity contribution in [1.29, 1.82) is 5.26 Å². The second-order valence-electron chi connectivity index (χ2n) is 3.25. The average Bonchev–Trinajstić information content (AvgIpc) is 2.21. The summed E-state index contributed by atoms with van der Waals surface area (Å²) in [7, 11) is -3.42. The van der Waals surface area contributed by atoms with E-state index < -0.39 is 10.0 Å². The molecule has 0 amide bonds. The summed E-state index contributed by atoms with van der Waals surface area (Å²) in [5.74, 6) is -0.114. The molecule has 6 heteroatoms. The zero-order valence-corrected chi connectivity index (χ0v) is 10.3. The Morgan fingerprint density at radius 3 is 2.75 bits per heavy atom. The minimum atomic E-state index is -3.42. The Labute approximate surface area is 99.9 Å². The number of hydrogen-bond donors (Lipinski definition) is 1. The van der Waals surface area contributed by atoms with Gasteiger partial charge in [-0.1, -0.05) is 6.07 Å². The van der Waals surface area contributed by atoms with E-state index in [0.29, 0.717) is 11.3 Å². The molecule has 0 aliphatic rings. The maximum Gasteiger partial charge on any atom is 0.233 e. The summed E-state index contributed by atoms with van der Waals surface area (Å²) in [5, 5.41) is 8.71. The lowest BCUT2D eigenvalue weighted by molar-refractivity contribution is 0.602. The van der Waals surface area contributed by atoms with Crippen molar-refractivity contribution in [3.63, 3.8) is 0 Å². The molecule has 0 spiro atoms. The van der Waals surface area contributed by atoms with Crippen LogP contribution in [0.25, 0.3) is 0 Å². The number of nitrogens with zero attached hydrogens (tertiary/aromatic N) is 1. The second-order valence-corrected chi connectivity index (χ2v) is 5.47. The molecule has 0 aromatic heterocycles. The Bertz CT molecular complexity index is 520. The molecule has 86 valence electrons. The summed E-state index contributed by atoms with van der Waals surface area (Å²) < 4.78 is 25.3. The third-order valence-electron chi connectivity index (χ3n) is 1.98. The Morgan fingerprint density at radius 1 is 1.50 bits per heavy atom. The number of rotatable bonds is 4. The minimum absolute atomic E-state index is 0.0340. The van der Waals surface area contributed by atoms with Crippen LogP contribution in [0.5, 0.6) is 0 Å². The third-order valence-corrected chi connectivity index (χ3v) is 3.66. The molecule has 4 nitrogen and oxygen atoms in total. The molecule has 1 rings (SSSR count). The molecule has 0 saturated heterocycles. The quantitative estimate of drug-likeness (QED) is 0.838. The first-order valence-corrected chi connectivity index (χ1v) is 6.74. The van der Waals surface area contributed by atoms with Crippen LogP contribution in [0.15, 0.2) is 18.2 Å². The van der Waals surface area contributed by atoms with Gasteiger partial charge in [-0.3, -0.25) is 4.72 Å². The minimum Gasteiger partial charge on any atom is -0.283 e. The van der Waals surface area contributed by atoms with Gasteiger partial charge in [-0.15, -0.1) is 11.6 Å². The van der Waals surface area contributed by atoms with Crippen molar-refractivity contribution in [2.45, 2.75) is 6.92 Å². The summed E-state index contributed by atoms with van der Waals surface area (Å²) in [6.45, 7) is 1.76. The molecule has 0 radical (unpaired) electrons. The third kappa shape index (κ3) is 3.40. The molecule has 0 saturated carbocycles. The molecule has 1 aromatic rings. The molecule has 1 N–H and O–H groups in total. The largest absolute Gasteiger partial charge is 0.283 e. The number of nitriles is 1. The zero-order valence-electron chi connectivity index (χ0n) is 8.70. The van der Waals surface area contributed by atoms with Gasteiger partial charge in [0.1, 0.15) is 0 Å². The molecule has 0 fully saturated rings. The number of nitrogens with one attached hydrogen (secondary N) is 1. The number of aryl methyl sites for hydroxylation is 1. The van der Waals surface area contributed by atoms with E-state index in [0.717, 1.165) is 5.56 Å². The van der Waals surface area contributed by atoms with Crippen molar-refractivity contribution in [1.82, 2.24) is 0 Å². The van der Waals surface area contributed by atoms with E-state index in [9.17, 15) is 8.42 Å². The summed E-state index contributed by atoms with van der Waals surface area (Å²) in [6.07, 6.45) is 0. The Balaban J connectivity index is 3.02. The fraction of sp³-hybridized carbons (Fsp3) is 0.300. The van der Waals surface area contributed by atoms with E-state index >= 15 is 0 Å². The molecule has 0 atom stereocenters. The summed E-state index contributed by atoms with van der Waals surface area (Å²) in [4.78, 5) is 0. The van der Waals surface area contributed by atoms with Crippen LogP contribution in [-0.2, 0) is 10.0 Å². The van der Waals surface area contributed by atoms with Crippen LogP contribution >= 0.6 is 11.6 Å². The van der Waals surface area contributed by atoms with Crippen LogP contribution in [0.4, 0.5) is 5.69 Å². The number of sulfonamides is 1. The van der Waals surface area contributed by atoms with E-state index in [2.05, 4.69) is 4.72 Å². The van der Waals surface area contributed by atoms with Crippen LogP contribution in [0.3, 0.4) is 0 Å². The number of anilines is 1. The predicted octanol–water partition coefficient (Wildman–Crippen LogP) is 1.85. The lowest BCUT2D eigenvalue weighted by Crippen LogP contribution is -2.18. The second kappa shape index (κ2) is 5.19. The van der Waals surface area contributed by atoms with Gasteiger partial charge >= 0.3 is 0 Å². The number of alkyl halides is 1. The normalized spacial score (nSPS) is 10.8. The molecule has 0 unspecified atom stereocenters. The van der Waals surface area contributed by atoms with Gasteiger partial charge in [0.2, 0.25) is 10.0 Å². The Morgan fingerprint density at radius 2 is 2.19 bits per heavy atom. The fourth-order valence-corrected chi connectivity index (χ4v) is 2.59. The predicted molar refractivity (Wildman–Crippen MR) is 64.0 cm³/mol. The maximum absolute atomic E-state index is 11.5. The molecule has 0 aliphatic heterocycles. The van der Waals surface area contributed by atoms with Crippen LogP contribution in [0, 0.1) is 18.3 Å². The lowest BCUT2D eigenvalue weighted by atomic mass is 10.1. The summed E-state index contributed by atoms with van der Waals surface area (Å²) in [6, 6.07) is 6.78. The highest BCUT2D eigenvalue weighted by Crippen LogP contribution is 2.17. The van der Waals surface area contributed by atoms with Gasteiger partial charge in [0, 0.05) is 5.88 Å². The number of benzene rings is 1. The zero-order chi connectivity index (χ0) is 12.2. The van der Waals surface area contributed by atoms with Crippen LogP contribution in [0.2, 0.25) is 0 Å². The summed E-state index contributed by atoms with van der Waals surface area (Å²) >= 11 is 5.38. The van der Waals surface area contributed by atoms with E-state index in [1.54, 1.807) is 19.1 Å². The molecule has 16 heavy (non-hydrogen) atoms. The Kier molecular flexibility index (Phi) is 4.16. The Hall–Kier alpha value is -1.25. The van der Waals surface area contributed by atoms with E-state index in [1.165, 1.54) is 6.07 Å². The van der Waals surface area contributed by atoms with Gasteiger partial charge in [-0.05, 0) is 24.6 Å². The van der Waals surface area contributed by atoms with Gasteiger partial charge in [0.25, 0.3) is 0 Å². The van der Waals surface area contributed by atoms with E-state index in [-0.39, 0.29) is 11.6 Å². The first kappa shape index (κ1) is 12.8. The highest BCUT2D eigenvalue weighted by molar-refractivity contribution is 7.92. The number of halogens is 1. The first-order chi connectivity index (χ1) is 7.48. The van der Waals surface area contributed by atoms with Crippen LogP contribution in [0.1, 0.15) is 11.1 Å². The standard InChI is InChI=1S/C10H11ClN2O2S/c1-8-2-3-9(7-12)6-10(8)13-16(14,15)5-4-11/h2-3,6,13H,4-5H2,1H3. The van der Waals surface area contributed by atoms with Gasteiger partial charge in [-0.25, -0.2) is 8.42 Å². The average molecular weight is 259 g/mol. The summed E-state index contributed by atoms with van der Waals surface area (Å²) in [5.41, 5.74) is 1.59. The van der Waals surface area contributed by atoms with Crippen LogP contribution < -0.4 is 4.72 Å². The van der Waals surface area contributed by atoms with Crippen molar-refractivity contribution in [3.05, 3.63) is 29.3 Å². The van der Waals surface area contributed by atoms with Crippen molar-refractivity contribution in [2.24, 2.45) is 0 Å². The van der Waals surface area contributed by atoms with Gasteiger partial charge < -0.3 is 0 Å². The first-order valence-electron chi connectivity index (χ1n) is 4.56. The van der Waals surface area contributed by atoms with Crippen molar-refractivity contribution >= 4 is 27.3 Å². The van der Waals surface area contributed by atoms with Crippen molar-refractivity contribution in [2.75, 3.05) is 16.4 Å². The smallest absolute Gasteiger partial charge is 0.233 e. The van der Waals surface area contributed by atoms with Gasteiger partial charge in [-0.2, -0.15) is 5.26 Å². The SMILES string of the molecule is Cc1ccc(C#N)cc1NS(=O)(=O)CCCl.